The Hall–Kier alpha value is -0.580. The van der Waals surface area contributed by atoms with Gasteiger partial charge in [0.15, 0.2) is 0 Å². The van der Waals surface area contributed by atoms with Gasteiger partial charge in [-0.3, -0.25) is 4.79 Å². The molecule has 1 heterocycles. The Bertz CT molecular complexity index is 453. The maximum absolute atomic E-state index is 12.0. The summed E-state index contributed by atoms with van der Waals surface area (Å²) in [6.45, 7) is 1.48. The molecule has 18 heavy (non-hydrogen) atoms. The molecule has 1 amide bonds. The lowest BCUT2D eigenvalue weighted by molar-refractivity contribution is -0.130. The minimum Gasteiger partial charge on any atom is -0.341 e. The first-order chi connectivity index (χ1) is 8.56. The zero-order valence-corrected chi connectivity index (χ0v) is 12.4. The molecule has 5 heteroatoms. The Morgan fingerprint density at radius 2 is 2.33 bits per heavy atom. The van der Waals surface area contributed by atoms with Gasteiger partial charge in [0.2, 0.25) is 5.91 Å². The molecule has 2 rings (SSSR count). The summed E-state index contributed by atoms with van der Waals surface area (Å²) in [5.74, 6) is 0.176. The zero-order valence-electron chi connectivity index (χ0n) is 10.0. The average molecular weight is 332 g/mol. The molecule has 0 spiro atoms. The third kappa shape index (κ3) is 3.46. The van der Waals surface area contributed by atoms with E-state index < -0.39 is 0 Å². The molecule has 1 saturated heterocycles. The number of benzene rings is 1. The number of carbonyl (C=O) groups excluding carboxylic acids is 1. The molecule has 0 bridgehead atoms. The SMILES string of the molecule is NC1CCN(C(=O)CCc2cc(Cl)ccc2Br)C1. The Morgan fingerprint density at radius 1 is 1.56 bits per heavy atom. The molecule has 3 nitrogen and oxygen atoms in total. The maximum Gasteiger partial charge on any atom is 0.222 e. The van der Waals surface area contributed by atoms with Gasteiger partial charge in [-0.2, -0.15) is 0 Å². The van der Waals surface area contributed by atoms with Gasteiger partial charge in [0.05, 0.1) is 0 Å². The third-order valence-electron chi connectivity index (χ3n) is 3.19. The van der Waals surface area contributed by atoms with Crippen LogP contribution in [0, 0.1) is 0 Å². The van der Waals surface area contributed by atoms with Gasteiger partial charge < -0.3 is 10.6 Å². The van der Waals surface area contributed by atoms with Gasteiger partial charge in [0, 0.05) is 35.0 Å². The number of carbonyl (C=O) groups is 1. The molecule has 1 unspecified atom stereocenters. The van der Waals surface area contributed by atoms with Crippen molar-refractivity contribution >= 4 is 33.4 Å². The van der Waals surface area contributed by atoms with Gasteiger partial charge in [0.1, 0.15) is 0 Å². The fourth-order valence-electron chi connectivity index (χ4n) is 2.15. The van der Waals surface area contributed by atoms with E-state index in [-0.39, 0.29) is 11.9 Å². The summed E-state index contributed by atoms with van der Waals surface area (Å²) in [6, 6.07) is 5.78. The molecule has 1 fully saturated rings. The van der Waals surface area contributed by atoms with Crippen LogP contribution in [-0.4, -0.2) is 29.9 Å². The van der Waals surface area contributed by atoms with Crippen molar-refractivity contribution in [2.24, 2.45) is 5.73 Å². The number of likely N-dealkylation sites (tertiary alicyclic amines) is 1. The van der Waals surface area contributed by atoms with E-state index in [0.29, 0.717) is 24.4 Å². The molecule has 0 aromatic heterocycles. The molecule has 2 N–H and O–H groups in total. The minimum atomic E-state index is 0.145. The second-order valence-electron chi connectivity index (χ2n) is 4.62. The number of nitrogens with zero attached hydrogens (tertiary/aromatic N) is 1. The third-order valence-corrected chi connectivity index (χ3v) is 4.20. The van der Waals surface area contributed by atoms with Crippen LogP contribution in [-0.2, 0) is 11.2 Å². The monoisotopic (exact) mass is 330 g/mol. The fraction of sp³-hybridized carbons (Fsp3) is 0.462. The van der Waals surface area contributed by atoms with Gasteiger partial charge in [0.25, 0.3) is 0 Å². The predicted octanol–water partition coefficient (Wildman–Crippen LogP) is 2.59. The van der Waals surface area contributed by atoms with Crippen LogP contribution in [0.4, 0.5) is 0 Å². The molecule has 0 aliphatic carbocycles. The van der Waals surface area contributed by atoms with Crippen LogP contribution < -0.4 is 5.73 Å². The van der Waals surface area contributed by atoms with Crippen molar-refractivity contribution in [3.8, 4) is 0 Å². The van der Waals surface area contributed by atoms with E-state index in [2.05, 4.69) is 15.9 Å². The summed E-state index contributed by atoms with van der Waals surface area (Å²) in [5.41, 5.74) is 6.86. The van der Waals surface area contributed by atoms with E-state index in [1.54, 1.807) is 0 Å². The summed E-state index contributed by atoms with van der Waals surface area (Å²) in [4.78, 5) is 13.8. The van der Waals surface area contributed by atoms with Gasteiger partial charge in [-0.05, 0) is 36.6 Å². The molecule has 1 aliphatic rings. The first-order valence-corrected chi connectivity index (χ1v) is 7.20. The van der Waals surface area contributed by atoms with Crippen molar-refractivity contribution in [2.75, 3.05) is 13.1 Å². The number of nitrogens with two attached hydrogens (primary N) is 1. The Labute approximate surface area is 120 Å². The van der Waals surface area contributed by atoms with Gasteiger partial charge in [-0.1, -0.05) is 27.5 Å². The lowest BCUT2D eigenvalue weighted by atomic mass is 10.1. The number of amides is 1. The molecule has 0 saturated carbocycles. The maximum atomic E-state index is 12.0. The van der Waals surface area contributed by atoms with Crippen LogP contribution in [0.25, 0.3) is 0 Å². The smallest absolute Gasteiger partial charge is 0.222 e. The molecule has 1 aliphatic heterocycles. The lowest BCUT2D eigenvalue weighted by Crippen LogP contribution is -2.31. The highest BCUT2D eigenvalue weighted by Crippen LogP contribution is 2.23. The molecule has 0 radical (unpaired) electrons. The standard InChI is InChI=1S/C13H16BrClN2O/c14-12-3-2-10(15)7-9(12)1-4-13(18)17-6-5-11(16)8-17/h2-3,7,11H,1,4-6,8,16H2. The highest BCUT2D eigenvalue weighted by atomic mass is 79.9. The molecule has 1 aromatic rings. The second kappa shape index (κ2) is 6.04. The van der Waals surface area contributed by atoms with E-state index in [0.717, 1.165) is 23.0 Å². The van der Waals surface area contributed by atoms with Gasteiger partial charge in [-0.25, -0.2) is 0 Å². The predicted molar refractivity (Wildman–Crippen MR) is 76.6 cm³/mol. The van der Waals surface area contributed by atoms with E-state index in [4.69, 9.17) is 17.3 Å². The Morgan fingerprint density at radius 3 is 3.00 bits per heavy atom. The summed E-state index contributed by atoms with van der Waals surface area (Å²) in [7, 11) is 0. The average Bonchev–Trinajstić information content (AvgIpc) is 2.77. The summed E-state index contributed by atoms with van der Waals surface area (Å²) in [5, 5.41) is 0.698. The van der Waals surface area contributed by atoms with Crippen LogP contribution in [0.5, 0.6) is 0 Å². The van der Waals surface area contributed by atoms with E-state index in [9.17, 15) is 4.79 Å². The van der Waals surface area contributed by atoms with E-state index >= 15 is 0 Å². The number of hydrogen-bond donors (Lipinski definition) is 1. The molecular formula is C13H16BrClN2O. The number of halogens is 2. The normalized spacial score (nSPS) is 19.3. The first kappa shape index (κ1) is 13.8. The number of rotatable bonds is 3. The summed E-state index contributed by atoms with van der Waals surface area (Å²) < 4.78 is 0.998. The van der Waals surface area contributed by atoms with Gasteiger partial charge in [-0.15, -0.1) is 0 Å². The summed E-state index contributed by atoms with van der Waals surface area (Å²) >= 11 is 9.42. The topological polar surface area (TPSA) is 46.3 Å². The molecule has 98 valence electrons. The Kier molecular flexibility index (Phi) is 4.65. The van der Waals surface area contributed by atoms with Crippen LogP contribution in [0.3, 0.4) is 0 Å². The fourth-order valence-corrected chi connectivity index (χ4v) is 2.79. The zero-order chi connectivity index (χ0) is 13.1. The summed E-state index contributed by atoms with van der Waals surface area (Å²) in [6.07, 6.45) is 2.12. The quantitative estimate of drug-likeness (QED) is 0.925. The van der Waals surface area contributed by atoms with Crippen LogP contribution in [0.2, 0.25) is 5.02 Å². The highest BCUT2D eigenvalue weighted by molar-refractivity contribution is 9.10. The van der Waals surface area contributed by atoms with Crippen molar-refractivity contribution in [3.63, 3.8) is 0 Å². The van der Waals surface area contributed by atoms with Crippen molar-refractivity contribution < 1.29 is 4.79 Å². The van der Waals surface area contributed by atoms with Crippen LogP contribution in [0.15, 0.2) is 22.7 Å². The lowest BCUT2D eigenvalue weighted by Gasteiger charge is -2.15. The Balaban J connectivity index is 1.91. The first-order valence-electron chi connectivity index (χ1n) is 6.03. The number of hydrogen-bond acceptors (Lipinski definition) is 2. The van der Waals surface area contributed by atoms with E-state index in [1.807, 2.05) is 23.1 Å². The highest BCUT2D eigenvalue weighted by Gasteiger charge is 2.23. The van der Waals surface area contributed by atoms with Crippen molar-refractivity contribution in [1.29, 1.82) is 0 Å². The number of aryl methyl sites for hydroxylation is 1. The van der Waals surface area contributed by atoms with Crippen LogP contribution in [0.1, 0.15) is 18.4 Å². The van der Waals surface area contributed by atoms with Crippen LogP contribution >= 0.6 is 27.5 Å². The van der Waals surface area contributed by atoms with Crippen molar-refractivity contribution in [2.45, 2.75) is 25.3 Å². The second-order valence-corrected chi connectivity index (χ2v) is 5.92. The minimum absolute atomic E-state index is 0.145. The van der Waals surface area contributed by atoms with Crippen molar-refractivity contribution in [3.05, 3.63) is 33.3 Å². The molecular weight excluding hydrogens is 316 g/mol. The van der Waals surface area contributed by atoms with Gasteiger partial charge >= 0.3 is 0 Å². The molecule has 1 atom stereocenters. The molecule has 1 aromatic carbocycles. The van der Waals surface area contributed by atoms with Crippen molar-refractivity contribution in [1.82, 2.24) is 4.90 Å². The largest absolute Gasteiger partial charge is 0.341 e. The van der Waals surface area contributed by atoms with E-state index in [1.165, 1.54) is 0 Å².